The third-order valence-corrected chi connectivity index (χ3v) is 4.46. The minimum atomic E-state index is 0.426. The lowest BCUT2D eigenvalue weighted by atomic mass is 10.1. The summed E-state index contributed by atoms with van der Waals surface area (Å²) in [5, 5.41) is 16.5. The van der Waals surface area contributed by atoms with Gasteiger partial charge >= 0.3 is 0 Å². The molecule has 1 aromatic carbocycles. The fraction of sp³-hybridized carbons (Fsp3) is 0.188. The van der Waals surface area contributed by atoms with Crippen LogP contribution in [0.3, 0.4) is 0 Å². The van der Waals surface area contributed by atoms with Gasteiger partial charge in [-0.1, -0.05) is 34.6 Å². The van der Waals surface area contributed by atoms with E-state index in [1.165, 1.54) is 17.3 Å². The summed E-state index contributed by atoms with van der Waals surface area (Å²) in [4.78, 5) is 4.31. The highest BCUT2D eigenvalue weighted by molar-refractivity contribution is 7.98. The van der Waals surface area contributed by atoms with Gasteiger partial charge in [-0.3, -0.25) is 0 Å². The van der Waals surface area contributed by atoms with Gasteiger partial charge in [0.1, 0.15) is 0 Å². The molecule has 0 atom stereocenters. The number of rotatable bonds is 5. The smallest absolute Gasteiger partial charge is 0.238 e. The predicted octanol–water partition coefficient (Wildman–Crippen LogP) is 3.21. The van der Waals surface area contributed by atoms with Crippen molar-refractivity contribution in [3.8, 4) is 17.3 Å². The first kappa shape index (κ1) is 15.6. The maximum atomic E-state index is 5.25. The number of furan rings is 1. The molecule has 3 heterocycles. The van der Waals surface area contributed by atoms with Gasteiger partial charge in [0.05, 0.1) is 17.7 Å². The van der Waals surface area contributed by atoms with Gasteiger partial charge < -0.3 is 8.94 Å². The molecule has 126 valence electrons. The molecule has 4 aromatic rings. The second-order valence-electron chi connectivity index (χ2n) is 5.44. The lowest BCUT2D eigenvalue weighted by molar-refractivity contribution is 0.390. The molecule has 0 aliphatic carbocycles. The van der Waals surface area contributed by atoms with Crippen molar-refractivity contribution in [2.24, 2.45) is 0 Å². The Hall–Kier alpha value is -2.94. The fourth-order valence-electron chi connectivity index (χ4n) is 2.41. The van der Waals surface area contributed by atoms with E-state index in [0.29, 0.717) is 28.4 Å². The Morgan fingerprint density at radius 2 is 2.12 bits per heavy atom. The maximum Gasteiger partial charge on any atom is 0.238 e. The first-order chi connectivity index (χ1) is 12.2. The van der Waals surface area contributed by atoms with E-state index in [9.17, 15) is 0 Å². The molecular weight excluding hydrogens is 340 g/mol. The molecule has 0 aliphatic rings. The molecule has 0 radical (unpaired) electrons. The van der Waals surface area contributed by atoms with Gasteiger partial charge in [0.25, 0.3) is 0 Å². The Morgan fingerprint density at radius 1 is 1.20 bits per heavy atom. The van der Waals surface area contributed by atoms with Crippen LogP contribution in [-0.2, 0) is 5.75 Å². The summed E-state index contributed by atoms with van der Waals surface area (Å²) in [5.74, 6) is 1.93. The van der Waals surface area contributed by atoms with E-state index in [1.807, 2.05) is 19.1 Å². The molecule has 9 heteroatoms. The Kier molecular flexibility index (Phi) is 4.06. The van der Waals surface area contributed by atoms with Gasteiger partial charge in [0.15, 0.2) is 5.76 Å². The number of aromatic nitrogens is 6. The van der Waals surface area contributed by atoms with Crippen LogP contribution in [0.15, 0.2) is 50.7 Å². The first-order valence-corrected chi connectivity index (χ1v) is 8.54. The zero-order chi connectivity index (χ0) is 17.2. The Balaban J connectivity index is 1.52. The summed E-state index contributed by atoms with van der Waals surface area (Å²) in [6.45, 7) is 4.09. The summed E-state index contributed by atoms with van der Waals surface area (Å²) < 4.78 is 12.2. The maximum absolute atomic E-state index is 5.25. The topological polar surface area (TPSA) is 95.7 Å². The number of benzene rings is 1. The first-order valence-electron chi connectivity index (χ1n) is 7.56. The molecule has 0 bridgehead atoms. The van der Waals surface area contributed by atoms with E-state index in [0.717, 1.165) is 11.3 Å². The highest BCUT2D eigenvalue weighted by Gasteiger charge is 2.15. The fourth-order valence-corrected chi connectivity index (χ4v) is 3.13. The van der Waals surface area contributed by atoms with Crippen LogP contribution in [0.2, 0.25) is 0 Å². The number of hydrogen-bond donors (Lipinski definition) is 0. The third kappa shape index (κ3) is 3.18. The standard InChI is InChI=1S/C16H14N6O2S/c1-10-5-6-12(11(2)8-10)22-16(18-20-21-22)25-9-14-17-15(19-24-14)13-4-3-7-23-13/h3-8H,9H2,1-2H3. The van der Waals surface area contributed by atoms with Gasteiger partial charge in [0.2, 0.25) is 16.9 Å². The highest BCUT2D eigenvalue weighted by atomic mass is 32.2. The van der Waals surface area contributed by atoms with Gasteiger partial charge in [-0.15, -0.1) is 5.10 Å². The van der Waals surface area contributed by atoms with E-state index in [2.05, 4.69) is 38.7 Å². The predicted molar refractivity (Wildman–Crippen MR) is 90.2 cm³/mol. The molecule has 0 saturated carbocycles. The summed E-state index contributed by atoms with van der Waals surface area (Å²) in [5.41, 5.74) is 3.24. The summed E-state index contributed by atoms with van der Waals surface area (Å²) >= 11 is 1.43. The SMILES string of the molecule is Cc1ccc(-n2nnnc2SCc2nc(-c3ccco3)no2)c(C)c1. The monoisotopic (exact) mass is 354 g/mol. The second kappa shape index (κ2) is 6.52. The molecule has 25 heavy (non-hydrogen) atoms. The van der Waals surface area contributed by atoms with Crippen LogP contribution in [0.25, 0.3) is 17.3 Å². The van der Waals surface area contributed by atoms with Gasteiger partial charge in [-0.2, -0.15) is 9.67 Å². The Morgan fingerprint density at radius 3 is 2.92 bits per heavy atom. The molecule has 0 aliphatic heterocycles. The number of aryl methyl sites for hydroxylation is 2. The Bertz CT molecular complexity index is 992. The van der Waals surface area contributed by atoms with Crippen molar-refractivity contribution >= 4 is 11.8 Å². The molecule has 0 saturated heterocycles. The molecule has 3 aromatic heterocycles. The zero-order valence-electron chi connectivity index (χ0n) is 13.6. The molecular formula is C16H14N6O2S. The number of nitrogens with zero attached hydrogens (tertiary/aromatic N) is 6. The van der Waals surface area contributed by atoms with Crippen LogP contribution >= 0.6 is 11.8 Å². The van der Waals surface area contributed by atoms with E-state index in [4.69, 9.17) is 8.94 Å². The molecule has 0 spiro atoms. The highest BCUT2D eigenvalue weighted by Crippen LogP contribution is 2.25. The molecule has 4 rings (SSSR count). The van der Waals surface area contributed by atoms with E-state index >= 15 is 0 Å². The van der Waals surface area contributed by atoms with Gasteiger partial charge in [-0.05, 0) is 48.0 Å². The lowest BCUT2D eigenvalue weighted by Crippen LogP contribution is -2.02. The van der Waals surface area contributed by atoms with E-state index in [1.54, 1.807) is 23.1 Å². The third-order valence-electron chi connectivity index (χ3n) is 3.56. The van der Waals surface area contributed by atoms with Crippen molar-refractivity contribution in [3.05, 3.63) is 53.6 Å². The van der Waals surface area contributed by atoms with Crippen molar-refractivity contribution < 1.29 is 8.94 Å². The molecule has 8 nitrogen and oxygen atoms in total. The van der Waals surface area contributed by atoms with Crippen LogP contribution in [0, 0.1) is 13.8 Å². The Labute approximate surface area is 147 Å². The van der Waals surface area contributed by atoms with Crippen LogP contribution < -0.4 is 0 Å². The summed E-state index contributed by atoms with van der Waals surface area (Å²) in [6.07, 6.45) is 1.57. The number of thioether (sulfide) groups is 1. The van der Waals surface area contributed by atoms with Crippen LogP contribution in [0.1, 0.15) is 17.0 Å². The number of hydrogen-bond acceptors (Lipinski definition) is 8. The minimum absolute atomic E-state index is 0.426. The van der Waals surface area contributed by atoms with Crippen molar-refractivity contribution in [2.75, 3.05) is 0 Å². The van der Waals surface area contributed by atoms with Gasteiger partial charge in [0, 0.05) is 0 Å². The normalized spacial score (nSPS) is 11.1. The molecule has 0 unspecified atom stereocenters. The average molecular weight is 354 g/mol. The molecule has 0 amide bonds. The molecule has 0 N–H and O–H groups in total. The quantitative estimate of drug-likeness (QED) is 0.504. The summed E-state index contributed by atoms with van der Waals surface area (Å²) in [7, 11) is 0. The second-order valence-corrected chi connectivity index (χ2v) is 6.38. The van der Waals surface area contributed by atoms with E-state index in [-0.39, 0.29) is 0 Å². The summed E-state index contributed by atoms with van der Waals surface area (Å²) in [6, 6.07) is 9.69. The molecule has 0 fully saturated rings. The minimum Gasteiger partial charge on any atom is -0.461 e. The van der Waals surface area contributed by atoms with Crippen LogP contribution in [-0.4, -0.2) is 30.3 Å². The van der Waals surface area contributed by atoms with Crippen molar-refractivity contribution in [2.45, 2.75) is 24.8 Å². The average Bonchev–Trinajstić information content (AvgIpc) is 3.34. The van der Waals surface area contributed by atoms with E-state index < -0.39 is 0 Å². The van der Waals surface area contributed by atoms with Crippen molar-refractivity contribution in [1.29, 1.82) is 0 Å². The van der Waals surface area contributed by atoms with Crippen LogP contribution in [0.5, 0.6) is 0 Å². The lowest BCUT2D eigenvalue weighted by Gasteiger charge is -2.07. The van der Waals surface area contributed by atoms with Crippen molar-refractivity contribution in [3.63, 3.8) is 0 Å². The van der Waals surface area contributed by atoms with Gasteiger partial charge in [-0.25, -0.2) is 0 Å². The largest absolute Gasteiger partial charge is 0.461 e. The zero-order valence-corrected chi connectivity index (χ0v) is 14.4. The van der Waals surface area contributed by atoms with Crippen molar-refractivity contribution in [1.82, 2.24) is 30.3 Å². The van der Waals surface area contributed by atoms with Crippen LogP contribution in [0.4, 0.5) is 0 Å². The number of tetrazole rings is 1.